The average molecular weight is 333 g/mol. The molecule has 0 radical (unpaired) electrons. The molecule has 0 aliphatic carbocycles. The lowest BCUT2D eigenvalue weighted by molar-refractivity contribution is -0.133. The first-order valence-corrected chi connectivity index (χ1v) is 7.84. The highest BCUT2D eigenvalue weighted by molar-refractivity contribution is 7.10. The SMILES string of the molecule is Cc1ccccc1CN(C)C(=O)COC(=O)c1c(C)nsc1N. The number of rotatable bonds is 5. The summed E-state index contributed by atoms with van der Waals surface area (Å²) < 4.78 is 9.04. The summed E-state index contributed by atoms with van der Waals surface area (Å²) in [6, 6.07) is 7.83. The first-order chi connectivity index (χ1) is 10.9. The van der Waals surface area contributed by atoms with Gasteiger partial charge in [-0.15, -0.1) is 0 Å². The van der Waals surface area contributed by atoms with Gasteiger partial charge in [0.2, 0.25) is 0 Å². The van der Waals surface area contributed by atoms with E-state index in [4.69, 9.17) is 10.5 Å². The molecule has 0 saturated heterocycles. The molecule has 0 aliphatic heterocycles. The van der Waals surface area contributed by atoms with Crippen molar-refractivity contribution in [1.29, 1.82) is 0 Å². The summed E-state index contributed by atoms with van der Waals surface area (Å²) in [6.45, 7) is 3.80. The number of carbonyl (C=O) groups excluding carboxylic acids is 2. The van der Waals surface area contributed by atoms with Crippen LogP contribution >= 0.6 is 11.5 Å². The van der Waals surface area contributed by atoms with Crippen molar-refractivity contribution in [1.82, 2.24) is 9.27 Å². The average Bonchev–Trinajstić information content (AvgIpc) is 2.85. The van der Waals surface area contributed by atoms with E-state index in [0.717, 1.165) is 22.7 Å². The Hall–Kier alpha value is -2.41. The number of aromatic nitrogens is 1. The lowest BCUT2D eigenvalue weighted by Gasteiger charge is -2.18. The molecule has 2 aromatic rings. The second-order valence-electron chi connectivity index (χ2n) is 5.26. The molecule has 0 bridgehead atoms. The second-order valence-corrected chi connectivity index (χ2v) is 6.06. The molecule has 0 atom stereocenters. The van der Waals surface area contributed by atoms with Crippen molar-refractivity contribution < 1.29 is 14.3 Å². The molecule has 1 aromatic heterocycles. The molecule has 0 fully saturated rings. The molecule has 2 N–H and O–H groups in total. The van der Waals surface area contributed by atoms with E-state index in [-0.39, 0.29) is 18.1 Å². The van der Waals surface area contributed by atoms with Crippen LogP contribution in [0.4, 0.5) is 5.00 Å². The summed E-state index contributed by atoms with van der Waals surface area (Å²) in [7, 11) is 1.67. The summed E-state index contributed by atoms with van der Waals surface area (Å²) in [5.41, 5.74) is 8.60. The van der Waals surface area contributed by atoms with Gasteiger partial charge in [-0.1, -0.05) is 24.3 Å². The van der Waals surface area contributed by atoms with Crippen molar-refractivity contribution in [3.63, 3.8) is 0 Å². The van der Waals surface area contributed by atoms with E-state index in [2.05, 4.69) is 4.37 Å². The van der Waals surface area contributed by atoms with E-state index >= 15 is 0 Å². The van der Waals surface area contributed by atoms with Gasteiger partial charge in [-0.3, -0.25) is 4.79 Å². The fourth-order valence-corrected chi connectivity index (χ4v) is 2.73. The maximum absolute atomic E-state index is 12.1. The Morgan fingerprint density at radius 3 is 2.61 bits per heavy atom. The number of esters is 1. The van der Waals surface area contributed by atoms with Crippen molar-refractivity contribution in [2.45, 2.75) is 20.4 Å². The highest BCUT2D eigenvalue weighted by Gasteiger charge is 2.20. The number of ether oxygens (including phenoxy) is 1. The van der Waals surface area contributed by atoms with Gasteiger partial charge >= 0.3 is 5.97 Å². The number of hydrogen-bond acceptors (Lipinski definition) is 6. The summed E-state index contributed by atoms with van der Waals surface area (Å²) in [5.74, 6) is -0.896. The van der Waals surface area contributed by atoms with Crippen LogP contribution in [0.2, 0.25) is 0 Å². The molecule has 23 heavy (non-hydrogen) atoms. The van der Waals surface area contributed by atoms with Crippen molar-refractivity contribution in [3.05, 3.63) is 46.6 Å². The molecule has 0 unspecified atom stereocenters. The van der Waals surface area contributed by atoms with Crippen LogP contribution in [-0.2, 0) is 16.1 Å². The number of nitrogen functional groups attached to an aromatic ring is 1. The number of nitrogens with two attached hydrogens (primary N) is 1. The van der Waals surface area contributed by atoms with E-state index in [1.807, 2.05) is 31.2 Å². The first kappa shape index (κ1) is 17.0. The summed E-state index contributed by atoms with van der Waals surface area (Å²) in [5, 5.41) is 0.299. The highest BCUT2D eigenvalue weighted by Crippen LogP contribution is 2.21. The van der Waals surface area contributed by atoms with Gasteiger partial charge in [-0.25, -0.2) is 4.79 Å². The molecule has 1 aromatic carbocycles. The molecule has 0 saturated carbocycles. The van der Waals surface area contributed by atoms with Crippen LogP contribution < -0.4 is 5.73 Å². The summed E-state index contributed by atoms with van der Waals surface area (Å²) in [6.07, 6.45) is 0. The van der Waals surface area contributed by atoms with Crippen LogP contribution in [0.25, 0.3) is 0 Å². The minimum absolute atomic E-state index is 0.240. The van der Waals surface area contributed by atoms with E-state index in [1.165, 1.54) is 4.90 Å². The Balaban J connectivity index is 1.92. The van der Waals surface area contributed by atoms with E-state index < -0.39 is 5.97 Å². The zero-order valence-electron chi connectivity index (χ0n) is 13.3. The maximum Gasteiger partial charge on any atom is 0.343 e. The number of aryl methyl sites for hydroxylation is 2. The monoisotopic (exact) mass is 333 g/mol. The minimum atomic E-state index is -0.619. The third kappa shape index (κ3) is 4.07. The number of anilines is 1. The largest absolute Gasteiger partial charge is 0.452 e. The molecular formula is C16H19N3O3S. The summed E-state index contributed by atoms with van der Waals surface area (Å²) >= 11 is 1.03. The van der Waals surface area contributed by atoms with Gasteiger partial charge in [0, 0.05) is 13.6 Å². The van der Waals surface area contributed by atoms with Crippen LogP contribution in [0, 0.1) is 13.8 Å². The molecule has 0 spiro atoms. The van der Waals surface area contributed by atoms with Crippen LogP contribution in [0.5, 0.6) is 0 Å². The van der Waals surface area contributed by atoms with Crippen LogP contribution in [0.1, 0.15) is 27.2 Å². The number of amides is 1. The zero-order chi connectivity index (χ0) is 17.0. The van der Waals surface area contributed by atoms with Crippen molar-refractivity contribution in [3.8, 4) is 0 Å². The Morgan fingerprint density at radius 2 is 2.00 bits per heavy atom. The molecule has 1 heterocycles. The number of benzene rings is 1. The Labute approximate surface area is 139 Å². The van der Waals surface area contributed by atoms with Gasteiger partial charge in [0.05, 0.1) is 5.69 Å². The smallest absolute Gasteiger partial charge is 0.343 e. The van der Waals surface area contributed by atoms with Crippen molar-refractivity contribution in [2.75, 3.05) is 19.4 Å². The topological polar surface area (TPSA) is 85.5 Å². The van der Waals surface area contributed by atoms with E-state index in [9.17, 15) is 9.59 Å². The highest BCUT2D eigenvalue weighted by atomic mass is 32.1. The molecule has 6 nitrogen and oxygen atoms in total. The molecule has 122 valence electrons. The number of likely N-dealkylation sites (N-methyl/N-ethyl adjacent to an activating group) is 1. The van der Waals surface area contributed by atoms with Gasteiger partial charge in [0.1, 0.15) is 10.6 Å². The maximum atomic E-state index is 12.1. The quantitative estimate of drug-likeness (QED) is 0.848. The number of hydrogen-bond donors (Lipinski definition) is 1. The lowest BCUT2D eigenvalue weighted by Crippen LogP contribution is -2.31. The van der Waals surface area contributed by atoms with Crippen LogP contribution in [0.15, 0.2) is 24.3 Å². The van der Waals surface area contributed by atoms with Crippen molar-refractivity contribution >= 4 is 28.4 Å². The van der Waals surface area contributed by atoms with E-state index in [1.54, 1.807) is 14.0 Å². The molecule has 7 heteroatoms. The van der Waals surface area contributed by atoms with Gasteiger partial charge in [0.25, 0.3) is 5.91 Å². The van der Waals surface area contributed by atoms with Gasteiger partial charge in [-0.05, 0) is 36.5 Å². The van der Waals surface area contributed by atoms with Gasteiger partial charge in [-0.2, -0.15) is 4.37 Å². The predicted molar refractivity (Wildman–Crippen MR) is 89.2 cm³/mol. The fraction of sp³-hybridized carbons (Fsp3) is 0.312. The molecule has 2 rings (SSSR count). The standard InChI is InChI=1S/C16H19N3O3S/c1-10-6-4-5-7-12(10)8-19(3)13(20)9-22-16(21)14-11(2)18-23-15(14)17/h4-7H,8-9,17H2,1-3H3. The summed E-state index contributed by atoms with van der Waals surface area (Å²) in [4.78, 5) is 25.6. The van der Waals surface area contributed by atoms with Crippen LogP contribution in [-0.4, -0.2) is 34.8 Å². The number of carbonyl (C=O) groups is 2. The third-order valence-electron chi connectivity index (χ3n) is 3.51. The molecular weight excluding hydrogens is 314 g/mol. The Morgan fingerprint density at radius 1 is 1.30 bits per heavy atom. The second kappa shape index (κ2) is 7.23. The van der Waals surface area contributed by atoms with Gasteiger partial charge < -0.3 is 15.4 Å². The first-order valence-electron chi connectivity index (χ1n) is 7.07. The number of nitrogens with zero attached hydrogens (tertiary/aromatic N) is 2. The van der Waals surface area contributed by atoms with Crippen LogP contribution in [0.3, 0.4) is 0 Å². The van der Waals surface area contributed by atoms with E-state index in [0.29, 0.717) is 17.2 Å². The molecule has 1 amide bonds. The fourth-order valence-electron chi connectivity index (χ4n) is 2.08. The lowest BCUT2D eigenvalue weighted by atomic mass is 10.1. The Kier molecular flexibility index (Phi) is 5.33. The van der Waals surface area contributed by atoms with Gasteiger partial charge in [0.15, 0.2) is 6.61 Å². The zero-order valence-corrected chi connectivity index (χ0v) is 14.1. The normalized spacial score (nSPS) is 10.4. The Bertz CT molecular complexity index is 708. The predicted octanol–water partition coefficient (Wildman–Crippen LogP) is 2.16. The molecule has 0 aliphatic rings. The third-order valence-corrected chi connectivity index (χ3v) is 4.28. The minimum Gasteiger partial charge on any atom is -0.452 e. The van der Waals surface area contributed by atoms with Crippen molar-refractivity contribution in [2.24, 2.45) is 0 Å².